The van der Waals surface area contributed by atoms with Gasteiger partial charge in [-0.1, -0.05) is 0 Å². The van der Waals surface area contributed by atoms with E-state index < -0.39 is 0 Å². The van der Waals surface area contributed by atoms with E-state index in [-0.39, 0.29) is 0 Å². The van der Waals surface area contributed by atoms with Crippen LogP contribution in [0.1, 0.15) is 4.44 Å². The zero-order valence-electron chi connectivity index (χ0n) is 6.10. The van der Waals surface area contributed by atoms with Crippen molar-refractivity contribution in [1.82, 2.24) is 0 Å². The first-order valence-corrected chi connectivity index (χ1v) is 5.50. The Morgan fingerprint density at radius 2 is 2.09 bits per heavy atom. The molecule has 1 heterocycles. The normalized spacial score (nSPS) is 10.7. The predicted molar refractivity (Wildman–Crippen MR) is 50.6 cm³/mol. The standard InChI is InChI=1S/C9H7ClSe/c1-6-4-7-5-8(10)2-3-9(7)11-6/h2-5H,1H3. The van der Waals surface area contributed by atoms with Crippen LogP contribution in [0.5, 0.6) is 0 Å². The Hall–Kier alpha value is -0.231. The predicted octanol–water partition coefficient (Wildman–Crippen LogP) is 2.86. The molecule has 0 amide bonds. The second kappa shape index (κ2) is 2.67. The van der Waals surface area contributed by atoms with E-state index in [2.05, 4.69) is 19.1 Å². The molecule has 0 aliphatic rings. The van der Waals surface area contributed by atoms with Crippen LogP contribution in [0.3, 0.4) is 0 Å². The van der Waals surface area contributed by atoms with Crippen molar-refractivity contribution in [1.29, 1.82) is 0 Å². The van der Waals surface area contributed by atoms with Gasteiger partial charge in [-0.3, -0.25) is 0 Å². The number of hydrogen-bond acceptors (Lipinski definition) is 0. The van der Waals surface area contributed by atoms with Crippen LogP contribution in [0.15, 0.2) is 24.3 Å². The molecule has 0 aliphatic carbocycles. The van der Waals surface area contributed by atoms with E-state index in [1.165, 1.54) is 14.1 Å². The van der Waals surface area contributed by atoms with Crippen LogP contribution in [-0.4, -0.2) is 14.5 Å². The van der Waals surface area contributed by atoms with Crippen molar-refractivity contribution in [3.05, 3.63) is 33.7 Å². The molecule has 0 spiro atoms. The summed E-state index contributed by atoms with van der Waals surface area (Å²) in [6.07, 6.45) is 0. The Morgan fingerprint density at radius 1 is 1.27 bits per heavy atom. The van der Waals surface area contributed by atoms with Crippen molar-refractivity contribution in [2.24, 2.45) is 0 Å². The fourth-order valence-electron chi connectivity index (χ4n) is 1.15. The van der Waals surface area contributed by atoms with Gasteiger partial charge in [-0.05, 0) is 0 Å². The number of benzene rings is 1. The van der Waals surface area contributed by atoms with Crippen LogP contribution in [0.25, 0.3) is 9.65 Å². The Labute approximate surface area is 76.5 Å². The Balaban J connectivity index is 2.82. The molecule has 0 radical (unpaired) electrons. The second-order valence-corrected chi connectivity index (χ2v) is 5.68. The fraction of sp³-hybridized carbons (Fsp3) is 0.111. The molecule has 2 rings (SSSR count). The van der Waals surface area contributed by atoms with Crippen molar-refractivity contribution < 1.29 is 0 Å². The number of halogens is 1. The third kappa shape index (κ3) is 1.37. The van der Waals surface area contributed by atoms with Gasteiger partial charge in [-0.2, -0.15) is 0 Å². The first-order chi connectivity index (χ1) is 5.25. The molecule has 56 valence electrons. The van der Waals surface area contributed by atoms with Crippen LogP contribution in [-0.2, 0) is 0 Å². The van der Waals surface area contributed by atoms with E-state index in [9.17, 15) is 0 Å². The number of rotatable bonds is 0. The summed E-state index contributed by atoms with van der Waals surface area (Å²) in [6.45, 7) is 2.17. The molecule has 0 saturated carbocycles. The van der Waals surface area contributed by atoms with E-state index in [4.69, 9.17) is 11.6 Å². The Bertz CT molecular complexity index is 389. The molecule has 0 aliphatic heterocycles. The quantitative estimate of drug-likeness (QED) is 0.610. The van der Waals surface area contributed by atoms with Gasteiger partial charge in [0.1, 0.15) is 0 Å². The zero-order chi connectivity index (χ0) is 7.84. The van der Waals surface area contributed by atoms with Crippen molar-refractivity contribution in [2.45, 2.75) is 6.92 Å². The molecule has 2 heteroatoms. The summed E-state index contributed by atoms with van der Waals surface area (Å²) in [4.78, 5) is 0. The summed E-state index contributed by atoms with van der Waals surface area (Å²) >= 11 is 6.40. The van der Waals surface area contributed by atoms with Gasteiger partial charge < -0.3 is 0 Å². The summed E-state index contributed by atoms with van der Waals surface area (Å²) in [5.74, 6) is 0. The maximum atomic E-state index is 5.85. The molecule has 0 atom stereocenters. The Morgan fingerprint density at radius 3 is 2.91 bits per heavy atom. The molecule has 11 heavy (non-hydrogen) atoms. The summed E-state index contributed by atoms with van der Waals surface area (Å²) in [5.41, 5.74) is 0. The minimum absolute atomic E-state index is 0.555. The van der Waals surface area contributed by atoms with Gasteiger partial charge in [0.15, 0.2) is 0 Å². The van der Waals surface area contributed by atoms with Crippen LogP contribution < -0.4 is 0 Å². The van der Waals surface area contributed by atoms with Gasteiger partial charge in [0.2, 0.25) is 0 Å². The van der Waals surface area contributed by atoms with E-state index >= 15 is 0 Å². The van der Waals surface area contributed by atoms with Gasteiger partial charge >= 0.3 is 76.4 Å². The first-order valence-electron chi connectivity index (χ1n) is 3.41. The first kappa shape index (κ1) is 7.42. The molecule has 2 aromatic rings. The third-order valence-electron chi connectivity index (χ3n) is 1.60. The Kier molecular flexibility index (Phi) is 1.80. The number of aryl methyl sites for hydroxylation is 1. The van der Waals surface area contributed by atoms with Gasteiger partial charge in [0.05, 0.1) is 0 Å². The summed E-state index contributed by atoms with van der Waals surface area (Å²) in [7, 11) is 0. The molecule has 0 unspecified atom stereocenters. The van der Waals surface area contributed by atoms with Crippen molar-refractivity contribution >= 4 is 35.8 Å². The van der Waals surface area contributed by atoms with Gasteiger partial charge in [-0.25, -0.2) is 0 Å². The van der Waals surface area contributed by atoms with E-state index in [0.29, 0.717) is 14.5 Å². The van der Waals surface area contributed by atoms with Crippen LogP contribution in [0, 0.1) is 6.92 Å². The van der Waals surface area contributed by atoms with Gasteiger partial charge in [0.25, 0.3) is 0 Å². The van der Waals surface area contributed by atoms with Gasteiger partial charge in [0, 0.05) is 0 Å². The molecule has 0 fully saturated rings. The fourth-order valence-corrected chi connectivity index (χ4v) is 3.23. The zero-order valence-corrected chi connectivity index (χ0v) is 8.56. The molecular formula is C9H7ClSe. The molecule has 0 nitrogen and oxygen atoms in total. The third-order valence-corrected chi connectivity index (χ3v) is 4.00. The molecular weight excluding hydrogens is 223 g/mol. The van der Waals surface area contributed by atoms with Crippen LogP contribution >= 0.6 is 11.6 Å². The minimum atomic E-state index is 0.555. The summed E-state index contributed by atoms with van der Waals surface area (Å²) in [5, 5.41) is 2.15. The van der Waals surface area contributed by atoms with Crippen LogP contribution in [0.2, 0.25) is 5.02 Å². The van der Waals surface area contributed by atoms with Crippen molar-refractivity contribution in [3.8, 4) is 0 Å². The SMILES string of the molecule is Cc1cc2cc(Cl)ccc2[se]1. The monoisotopic (exact) mass is 230 g/mol. The van der Waals surface area contributed by atoms with E-state index in [1.54, 1.807) is 0 Å². The molecule has 0 bridgehead atoms. The molecule has 1 aromatic heterocycles. The van der Waals surface area contributed by atoms with E-state index in [1.807, 2.05) is 12.1 Å². The average Bonchev–Trinajstić information content (AvgIpc) is 2.27. The topological polar surface area (TPSA) is 0 Å². The van der Waals surface area contributed by atoms with Crippen LogP contribution in [0.4, 0.5) is 0 Å². The van der Waals surface area contributed by atoms with Gasteiger partial charge in [-0.15, -0.1) is 0 Å². The van der Waals surface area contributed by atoms with Crippen molar-refractivity contribution in [3.63, 3.8) is 0 Å². The molecule has 0 N–H and O–H groups in total. The van der Waals surface area contributed by atoms with Crippen molar-refractivity contribution in [2.75, 3.05) is 0 Å². The summed E-state index contributed by atoms with van der Waals surface area (Å²) in [6, 6.07) is 8.36. The number of hydrogen-bond donors (Lipinski definition) is 0. The maximum absolute atomic E-state index is 5.85. The average molecular weight is 230 g/mol. The number of fused-ring (bicyclic) bond motifs is 1. The second-order valence-electron chi connectivity index (χ2n) is 2.54. The summed E-state index contributed by atoms with van der Waals surface area (Å²) < 4.78 is 2.94. The molecule has 1 aromatic carbocycles. The molecule has 0 saturated heterocycles. The van der Waals surface area contributed by atoms with E-state index in [0.717, 1.165) is 5.02 Å².